The lowest BCUT2D eigenvalue weighted by molar-refractivity contribution is 0.403. The molecule has 0 aliphatic heterocycles. The maximum absolute atomic E-state index is 12.0. The van der Waals surface area contributed by atoms with Crippen molar-refractivity contribution in [1.29, 1.82) is 0 Å². The smallest absolute Gasteiger partial charge is 0.186 e. The highest BCUT2D eigenvalue weighted by Crippen LogP contribution is 2.25. The Hall–Kier alpha value is -1.98. The second kappa shape index (κ2) is 5.38. The van der Waals surface area contributed by atoms with Crippen LogP contribution in [0.3, 0.4) is 0 Å². The first-order valence-corrected chi connectivity index (χ1v) is 6.25. The van der Waals surface area contributed by atoms with Gasteiger partial charge in [-0.05, 0) is 17.7 Å². The highest BCUT2D eigenvalue weighted by Gasteiger charge is 2.19. The number of para-hydroxylation sites is 1. The molecule has 90 valence electrons. The molecule has 0 amide bonds. The maximum atomic E-state index is 12.0. The second-order valence-electron chi connectivity index (χ2n) is 3.17. The molecular formula is C10H11N3O3S. The van der Waals surface area contributed by atoms with E-state index in [1.807, 2.05) is 0 Å². The van der Waals surface area contributed by atoms with Crippen LogP contribution in [0.4, 0.5) is 0 Å². The molecule has 0 heterocycles. The number of nitrogens with zero attached hydrogens (tertiary/aromatic N) is 3. The van der Waals surface area contributed by atoms with Gasteiger partial charge in [-0.3, -0.25) is 0 Å². The summed E-state index contributed by atoms with van der Waals surface area (Å²) in [5.74, 6) is -0.182. The summed E-state index contributed by atoms with van der Waals surface area (Å²) in [4.78, 5) is 2.54. The lowest BCUT2D eigenvalue weighted by Crippen LogP contribution is -2.09. The summed E-state index contributed by atoms with van der Waals surface area (Å²) in [6, 6.07) is 6.23. The van der Waals surface area contributed by atoms with E-state index in [0.717, 1.165) is 0 Å². The van der Waals surface area contributed by atoms with Gasteiger partial charge in [0.05, 0.1) is 12.9 Å². The Labute approximate surface area is 99.1 Å². The Kier molecular flexibility index (Phi) is 4.14. The van der Waals surface area contributed by atoms with Gasteiger partial charge in [-0.25, -0.2) is 8.42 Å². The third-order valence-electron chi connectivity index (χ3n) is 1.95. The van der Waals surface area contributed by atoms with Crippen LogP contribution in [-0.4, -0.2) is 21.3 Å². The Morgan fingerprint density at radius 3 is 2.76 bits per heavy atom. The summed E-state index contributed by atoms with van der Waals surface area (Å²) in [5.41, 5.74) is 8.13. The standard InChI is InChI=1S/C10H11N3O3S/c1-8(12-13-11)7-17(14,15)10-6-4-3-5-9(10)16-2/h3-6H,1,7H2,2H3. The number of benzene rings is 1. The van der Waals surface area contributed by atoms with Crippen LogP contribution < -0.4 is 4.74 Å². The largest absolute Gasteiger partial charge is 0.495 e. The highest BCUT2D eigenvalue weighted by atomic mass is 32.2. The zero-order valence-electron chi connectivity index (χ0n) is 9.20. The summed E-state index contributed by atoms with van der Waals surface area (Å²) in [6.07, 6.45) is 0. The molecule has 1 aromatic carbocycles. The van der Waals surface area contributed by atoms with E-state index < -0.39 is 15.6 Å². The first-order valence-electron chi connectivity index (χ1n) is 4.60. The van der Waals surface area contributed by atoms with Gasteiger partial charge in [-0.1, -0.05) is 23.8 Å². The fourth-order valence-corrected chi connectivity index (χ4v) is 2.66. The van der Waals surface area contributed by atoms with E-state index in [4.69, 9.17) is 10.3 Å². The molecule has 0 saturated heterocycles. The molecule has 0 spiro atoms. The summed E-state index contributed by atoms with van der Waals surface area (Å²) in [7, 11) is -2.23. The van der Waals surface area contributed by atoms with Crippen LogP contribution in [0.5, 0.6) is 5.75 Å². The first-order chi connectivity index (χ1) is 8.01. The van der Waals surface area contributed by atoms with Crippen molar-refractivity contribution in [2.75, 3.05) is 12.9 Å². The summed E-state index contributed by atoms with van der Waals surface area (Å²) >= 11 is 0. The van der Waals surface area contributed by atoms with Crippen molar-refractivity contribution in [2.45, 2.75) is 4.90 Å². The van der Waals surface area contributed by atoms with Gasteiger partial charge in [0.15, 0.2) is 9.84 Å². The van der Waals surface area contributed by atoms with Gasteiger partial charge in [0.1, 0.15) is 10.6 Å². The maximum Gasteiger partial charge on any atom is 0.186 e. The molecule has 0 aromatic heterocycles. The molecule has 0 aliphatic carbocycles. The summed E-state index contributed by atoms with van der Waals surface area (Å²) in [5, 5.41) is 3.16. The number of hydrogen-bond acceptors (Lipinski definition) is 4. The zero-order chi connectivity index (χ0) is 12.9. The van der Waals surface area contributed by atoms with Crippen molar-refractivity contribution in [2.24, 2.45) is 5.11 Å². The average Bonchev–Trinajstić information content (AvgIpc) is 2.28. The minimum Gasteiger partial charge on any atom is -0.495 e. The lowest BCUT2D eigenvalue weighted by Gasteiger charge is -2.08. The number of azide groups is 1. The van der Waals surface area contributed by atoms with E-state index in [0.29, 0.717) is 0 Å². The van der Waals surface area contributed by atoms with Gasteiger partial charge in [0.2, 0.25) is 0 Å². The monoisotopic (exact) mass is 253 g/mol. The van der Waals surface area contributed by atoms with Crippen LogP contribution in [0.25, 0.3) is 10.4 Å². The molecule has 1 rings (SSSR count). The van der Waals surface area contributed by atoms with Crippen molar-refractivity contribution in [3.8, 4) is 5.75 Å². The molecule has 17 heavy (non-hydrogen) atoms. The predicted molar refractivity (Wildman–Crippen MR) is 63.3 cm³/mol. The van der Waals surface area contributed by atoms with E-state index in [1.165, 1.54) is 13.2 Å². The number of rotatable bonds is 5. The van der Waals surface area contributed by atoms with Crippen LogP contribution in [0.15, 0.2) is 46.6 Å². The summed E-state index contributed by atoms with van der Waals surface area (Å²) in [6.45, 7) is 3.37. The first kappa shape index (κ1) is 13.1. The van der Waals surface area contributed by atoms with E-state index >= 15 is 0 Å². The molecule has 0 bridgehead atoms. The van der Waals surface area contributed by atoms with E-state index in [-0.39, 0.29) is 16.3 Å². The quantitative estimate of drug-likeness (QED) is 0.457. The van der Waals surface area contributed by atoms with Crippen molar-refractivity contribution in [3.63, 3.8) is 0 Å². The van der Waals surface area contributed by atoms with Crippen LogP contribution in [-0.2, 0) is 9.84 Å². The van der Waals surface area contributed by atoms with Crippen LogP contribution in [0.2, 0.25) is 0 Å². The molecule has 0 unspecified atom stereocenters. The van der Waals surface area contributed by atoms with Crippen molar-refractivity contribution < 1.29 is 13.2 Å². The van der Waals surface area contributed by atoms with E-state index in [2.05, 4.69) is 16.6 Å². The third kappa shape index (κ3) is 3.24. The SMILES string of the molecule is C=C(CS(=O)(=O)c1ccccc1OC)N=[N+]=[N-]. The van der Waals surface area contributed by atoms with E-state index in [9.17, 15) is 8.42 Å². The third-order valence-corrected chi connectivity index (χ3v) is 3.67. The lowest BCUT2D eigenvalue weighted by atomic mass is 10.3. The van der Waals surface area contributed by atoms with Gasteiger partial charge in [-0.2, -0.15) is 0 Å². The van der Waals surface area contributed by atoms with Crippen molar-refractivity contribution in [1.82, 2.24) is 0 Å². The second-order valence-corrected chi connectivity index (χ2v) is 5.12. The van der Waals surface area contributed by atoms with Gasteiger partial charge < -0.3 is 4.74 Å². The topological polar surface area (TPSA) is 92.1 Å². The van der Waals surface area contributed by atoms with Crippen LogP contribution in [0.1, 0.15) is 0 Å². The Morgan fingerprint density at radius 1 is 1.53 bits per heavy atom. The number of methoxy groups -OCH3 is 1. The molecule has 7 heteroatoms. The fourth-order valence-electron chi connectivity index (χ4n) is 1.26. The van der Waals surface area contributed by atoms with E-state index in [1.54, 1.807) is 18.2 Å². The van der Waals surface area contributed by atoms with Gasteiger partial charge in [0, 0.05) is 10.6 Å². The zero-order valence-corrected chi connectivity index (χ0v) is 10.0. The minimum absolute atomic E-state index is 0.0526. The molecule has 0 aliphatic rings. The van der Waals surface area contributed by atoms with Gasteiger partial charge in [-0.15, -0.1) is 0 Å². The minimum atomic E-state index is -3.61. The van der Waals surface area contributed by atoms with Crippen molar-refractivity contribution >= 4 is 9.84 Å². The van der Waals surface area contributed by atoms with Crippen LogP contribution >= 0.6 is 0 Å². The normalized spacial score (nSPS) is 10.4. The molecule has 0 radical (unpaired) electrons. The van der Waals surface area contributed by atoms with Gasteiger partial charge >= 0.3 is 0 Å². The molecular weight excluding hydrogens is 242 g/mol. The predicted octanol–water partition coefficient (Wildman–Crippen LogP) is 2.29. The highest BCUT2D eigenvalue weighted by molar-refractivity contribution is 7.91. The molecule has 6 nitrogen and oxygen atoms in total. The molecule has 0 N–H and O–H groups in total. The van der Waals surface area contributed by atoms with Gasteiger partial charge in [0.25, 0.3) is 0 Å². The molecule has 0 saturated carbocycles. The molecule has 0 atom stereocenters. The van der Waals surface area contributed by atoms with Crippen molar-refractivity contribution in [3.05, 3.63) is 47.0 Å². The number of sulfone groups is 1. The number of ether oxygens (including phenoxy) is 1. The Balaban J connectivity index is 3.13. The molecule has 0 fully saturated rings. The number of hydrogen-bond donors (Lipinski definition) is 0. The fraction of sp³-hybridized carbons (Fsp3) is 0.200. The summed E-state index contributed by atoms with van der Waals surface area (Å²) < 4.78 is 28.9. The average molecular weight is 253 g/mol. The Bertz CT molecular complexity index is 574. The van der Waals surface area contributed by atoms with Crippen LogP contribution in [0, 0.1) is 0 Å². The Morgan fingerprint density at radius 2 is 2.18 bits per heavy atom. The molecule has 1 aromatic rings.